The first-order chi connectivity index (χ1) is 20.3. The highest BCUT2D eigenvalue weighted by Gasteiger charge is 2.15. The summed E-state index contributed by atoms with van der Waals surface area (Å²) in [5, 5.41) is 2.41. The van der Waals surface area contributed by atoms with Crippen LogP contribution in [0.25, 0.3) is 72.7 Å². The minimum absolute atomic E-state index is 0.616. The Bertz CT molecular complexity index is 2010. The third-order valence-electron chi connectivity index (χ3n) is 7.53. The van der Waals surface area contributed by atoms with Gasteiger partial charge in [-0.3, -0.25) is 0 Å². The zero-order chi connectivity index (χ0) is 27.2. The maximum absolute atomic E-state index is 5.55. The molecule has 5 heteroatoms. The summed E-state index contributed by atoms with van der Waals surface area (Å²) >= 11 is 0. The molecule has 5 nitrogen and oxygen atoms in total. The molecule has 8 aromatic rings. The largest absolute Gasteiger partial charge is 0.445 e. The number of benzene rings is 5. The van der Waals surface area contributed by atoms with Gasteiger partial charge in [-0.05, 0) is 70.8 Å². The Labute approximate surface area is 236 Å². The molecule has 0 aliphatic carbocycles. The first-order valence-corrected chi connectivity index (χ1v) is 13.5. The number of rotatable bonds is 5. The zero-order valence-electron chi connectivity index (χ0n) is 21.9. The van der Waals surface area contributed by atoms with Crippen molar-refractivity contribution >= 4 is 21.8 Å². The topological polar surface area (TPSA) is 57.0 Å². The average Bonchev–Trinajstić information content (AvgIpc) is 3.82. The van der Waals surface area contributed by atoms with E-state index in [1.54, 1.807) is 24.9 Å². The van der Waals surface area contributed by atoms with E-state index in [9.17, 15) is 0 Å². The molecular weight excluding hydrogens is 506 g/mol. The van der Waals surface area contributed by atoms with Crippen molar-refractivity contribution in [2.24, 2.45) is 0 Å². The SMILES string of the molecule is c1ccc(-n2c3cc(-c4cccc(-c5ncco5)c4)ccc3c3ccc(-c4cccc(-c5ncco5)c4)cc32)cc1. The second-order valence-electron chi connectivity index (χ2n) is 9.97. The summed E-state index contributed by atoms with van der Waals surface area (Å²) in [6.45, 7) is 0. The molecule has 41 heavy (non-hydrogen) atoms. The Morgan fingerprint density at radius 1 is 0.439 bits per heavy atom. The van der Waals surface area contributed by atoms with Gasteiger partial charge in [0.25, 0.3) is 0 Å². The van der Waals surface area contributed by atoms with Crippen molar-refractivity contribution < 1.29 is 8.83 Å². The highest BCUT2D eigenvalue weighted by Crippen LogP contribution is 2.38. The van der Waals surface area contributed by atoms with E-state index in [0.29, 0.717) is 11.8 Å². The highest BCUT2D eigenvalue weighted by molar-refractivity contribution is 6.11. The van der Waals surface area contributed by atoms with E-state index in [-0.39, 0.29) is 0 Å². The second-order valence-corrected chi connectivity index (χ2v) is 9.97. The van der Waals surface area contributed by atoms with Crippen LogP contribution < -0.4 is 0 Å². The van der Waals surface area contributed by atoms with Gasteiger partial charge >= 0.3 is 0 Å². The number of hydrogen-bond acceptors (Lipinski definition) is 4. The number of nitrogens with zero attached hydrogens (tertiary/aromatic N) is 3. The molecule has 0 unspecified atom stereocenters. The summed E-state index contributed by atoms with van der Waals surface area (Å²) in [6, 6.07) is 40.6. The molecule has 0 amide bonds. The molecule has 0 spiro atoms. The third kappa shape index (κ3) is 4.03. The maximum Gasteiger partial charge on any atom is 0.225 e. The predicted octanol–water partition coefficient (Wildman–Crippen LogP) is 9.43. The fourth-order valence-corrected chi connectivity index (χ4v) is 5.63. The summed E-state index contributed by atoms with van der Waals surface area (Å²) < 4.78 is 13.5. The van der Waals surface area contributed by atoms with Crippen LogP contribution in [0.15, 0.2) is 149 Å². The Balaban J connectivity index is 1.32. The van der Waals surface area contributed by atoms with E-state index >= 15 is 0 Å². The fourth-order valence-electron chi connectivity index (χ4n) is 5.63. The quantitative estimate of drug-likeness (QED) is 0.223. The summed E-state index contributed by atoms with van der Waals surface area (Å²) in [7, 11) is 0. The molecule has 0 aliphatic heterocycles. The van der Waals surface area contributed by atoms with Gasteiger partial charge in [0.15, 0.2) is 0 Å². The van der Waals surface area contributed by atoms with Crippen LogP contribution in [0.1, 0.15) is 0 Å². The van der Waals surface area contributed by atoms with Crippen molar-refractivity contribution in [3.05, 3.63) is 140 Å². The maximum atomic E-state index is 5.55. The van der Waals surface area contributed by atoms with Gasteiger partial charge in [-0.25, -0.2) is 9.97 Å². The van der Waals surface area contributed by atoms with Crippen LogP contribution in [0.5, 0.6) is 0 Å². The van der Waals surface area contributed by atoms with Gasteiger partial charge in [0.2, 0.25) is 11.8 Å². The van der Waals surface area contributed by atoms with Gasteiger partial charge in [0, 0.05) is 27.6 Å². The molecular formula is C36H23N3O2. The van der Waals surface area contributed by atoms with Crippen molar-refractivity contribution in [3.63, 3.8) is 0 Å². The smallest absolute Gasteiger partial charge is 0.225 e. The van der Waals surface area contributed by atoms with Crippen molar-refractivity contribution in [2.45, 2.75) is 0 Å². The Morgan fingerprint density at radius 2 is 0.927 bits per heavy atom. The number of para-hydroxylation sites is 1. The minimum atomic E-state index is 0.616. The van der Waals surface area contributed by atoms with Crippen LogP contribution in [0.2, 0.25) is 0 Å². The van der Waals surface area contributed by atoms with Crippen LogP contribution in [0, 0.1) is 0 Å². The van der Waals surface area contributed by atoms with Gasteiger partial charge in [-0.1, -0.05) is 66.7 Å². The van der Waals surface area contributed by atoms with Gasteiger partial charge in [-0.2, -0.15) is 0 Å². The number of hydrogen-bond donors (Lipinski definition) is 0. The van der Waals surface area contributed by atoms with Gasteiger partial charge < -0.3 is 13.4 Å². The first kappa shape index (κ1) is 23.2. The molecule has 0 radical (unpaired) electrons. The van der Waals surface area contributed by atoms with Crippen molar-refractivity contribution in [3.8, 4) is 50.8 Å². The van der Waals surface area contributed by atoms with Gasteiger partial charge in [0.05, 0.1) is 23.4 Å². The Hall–Kier alpha value is -5.68. The highest BCUT2D eigenvalue weighted by atomic mass is 16.3. The lowest BCUT2D eigenvalue weighted by Crippen LogP contribution is -1.94. The van der Waals surface area contributed by atoms with Crippen LogP contribution in [-0.4, -0.2) is 14.5 Å². The molecule has 0 fully saturated rings. The monoisotopic (exact) mass is 529 g/mol. The lowest BCUT2D eigenvalue weighted by atomic mass is 10.00. The van der Waals surface area contributed by atoms with Gasteiger partial charge in [-0.15, -0.1) is 0 Å². The fraction of sp³-hybridized carbons (Fsp3) is 0. The number of aromatic nitrogens is 3. The molecule has 0 aliphatic rings. The Morgan fingerprint density at radius 3 is 1.41 bits per heavy atom. The zero-order valence-corrected chi connectivity index (χ0v) is 21.9. The van der Waals surface area contributed by atoms with E-state index in [0.717, 1.165) is 50.1 Å². The van der Waals surface area contributed by atoms with Crippen LogP contribution in [-0.2, 0) is 0 Å². The predicted molar refractivity (Wildman–Crippen MR) is 163 cm³/mol. The number of fused-ring (bicyclic) bond motifs is 3. The lowest BCUT2D eigenvalue weighted by molar-refractivity contribution is 0.574. The normalized spacial score (nSPS) is 11.4. The van der Waals surface area contributed by atoms with E-state index in [4.69, 9.17) is 8.83 Å². The molecule has 0 atom stereocenters. The molecule has 194 valence electrons. The van der Waals surface area contributed by atoms with Gasteiger partial charge in [0.1, 0.15) is 12.5 Å². The van der Waals surface area contributed by atoms with Crippen LogP contribution in [0.4, 0.5) is 0 Å². The lowest BCUT2D eigenvalue weighted by Gasteiger charge is -2.10. The standard InChI is InChI=1S/C36H23N3O2/c1-2-10-30(11-3-1)39-33-22-26(24-6-4-8-28(20-24)35-37-16-18-40-35)12-14-31(33)32-15-13-27(23-34(32)39)25-7-5-9-29(21-25)36-38-17-19-41-36/h1-23H. The average molecular weight is 530 g/mol. The second kappa shape index (κ2) is 9.50. The van der Waals surface area contributed by atoms with E-state index < -0.39 is 0 Å². The number of oxazole rings is 2. The summed E-state index contributed by atoms with van der Waals surface area (Å²) in [6.07, 6.45) is 6.55. The Kier molecular flexibility index (Phi) is 5.38. The molecule has 3 heterocycles. The van der Waals surface area contributed by atoms with E-state index in [1.807, 2.05) is 24.3 Å². The summed E-state index contributed by atoms with van der Waals surface area (Å²) in [5.41, 5.74) is 9.79. The molecule has 5 aromatic carbocycles. The summed E-state index contributed by atoms with van der Waals surface area (Å²) in [4.78, 5) is 8.65. The van der Waals surface area contributed by atoms with Crippen LogP contribution >= 0.6 is 0 Å². The third-order valence-corrected chi connectivity index (χ3v) is 7.53. The van der Waals surface area contributed by atoms with E-state index in [1.165, 1.54) is 10.8 Å². The first-order valence-electron chi connectivity index (χ1n) is 13.5. The van der Waals surface area contributed by atoms with Crippen molar-refractivity contribution in [1.82, 2.24) is 14.5 Å². The molecule has 3 aromatic heterocycles. The minimum Gasteiger partial charge on any atom is -0.445 e. The molecule has 0 bridgehead atoms. The van der Waals surface area contributed by atoms with Crippen molar-refractivity contribution in [1.29, 1.82) is 0 Å². The summed E-state index contributed by atoms with van der Waals surface area (Å²) in [5.74, 6) is 1.23. The van der Waals surface area contributed by atoms with Crippen molar-refractivity contribution in [2.75, 3.05) is 0 Å². The molecule has 0 saturated carbocycles. The molecule has 8 rings (SSSR count). The van der Waals surface area contributed by atoms with Crippen LogP contribution in [0.3, 0.4) is 0 Å². The van der Waals surface area contributed by atoms with E-state index in [2.05, 4.69) is 106 Å². The molecule has 0 N–H and O–H groups in total. The molecule has 0 saturated heterocycles.